The molecule has 0 fully saturated rings. The summed E-state index contributed by atoms with van der Waals surface area (Å²) in [6, 6.07) is 7.66. The molecule has 0 bridgehead atoms. The Hall–Kier alpha value is -2.09. The number of nitrogens with one attached hydrogen (secondary N) is 1. The van der Waals surface area contributed by atoms with Gasteiger partial charge in [0.15, 0.2) is 0 Å². The fraction of sp³-hybridized carbons (Fsp3) is 0.133. The molecular formula is C15H15ClN2O4S. The molecule has 2 N–H and O–H groups in total. The fourth-order valence-corrected chi connectivity index (χ4v) is 3.02. The number of benzene rings is 1. The van der Waals surface area contributed by atoms with Crippen molar-refractivity contribution in [3.05, 3.63) is 59.4 Å². The maximum Gasteiger partial charge on any atom is 0.328 e. The van der Waals surface area contributed by atoms with Crippen molar-refractivity contribution in [2.45, 2.75) is 11.4 Å². The van der Waals surface area contributed by atoms with Crippen molar-refractivity contribution < 1.29 is 18.3 Å². The summed E-state index contributed by atoms with van der Waals surface area (Å²) in [6.07, 6.45) is 5.99. The van der Waals surface area contributed by atoms with Crippen LogP contribution in [0.25, 0.3) is 6.08 Å². The van der Waals surface area contributed by atoms with Gasteiger partial charge in [-0.15, -0.1) is 0 Å². The summed E-state index contributed by atoms with van der Waals surface area (Å²) in [7, 11) is -3.58. The molecule has 1 aromatic carbocycles. The average Bonchev–Trinajstić information content (AvgIpc) is 2.93. The summed E-state index contributed by atoms with van der Waals surface area (Å²) in [5.74, 6) is -1.02. The van der Waals surface area contributed by atoms with Gasteiger partial charge in [-0.25, -0.2) is 17.9 Å². The van der Waals surface area contributed by atoms with Crippen LogP contribution in [0.4, 0.5) is 0 Å². The standard InChI is InChI=1S/C15H15ClN2O4S/c16-13-2-4-14(5-3-13)23(21,22)17-8-10-18-9-7-12(11-18)1-6-15(19)20/h1-7,9,11,17H,8,10H2,(H,19,20)/b6-1+. The third-order valence-electron chi connectivity index (χ3n) is 2.98. The SMILES string of the molecule is O=C(O)/C=C/c1ccn(CCNS(=O)(=O)c2ccc(Cl)cc2)c1. The largest absolute Gasteiger partial charge is 0.478 e. The summed E-state index contributed by atoms with van der Waals surface area (Å²) >= 11 is 5.73. The topological polar surface area (TPSA) is 88.4 Å². The lowest BCUT2D eigenvalue weighted by Crippen LogP contribution is -2.27. The highest BCUT2D eigenvalue weighted by Gasteiger charge is 2.12. The van der Waals surface area contributed by atoms with Gasteiger partial charge in [0, 0.05) is 36.6 Å². The molecule has 0 saturated carbocycles. The lowest BCUT2D eigenvalue weighted by molar-refractivity contribution is -0.131. The van der Waals surface area contributed by atoms with Crippen molar-refractivity contribution in [1.82, 2.24) is 9.29 Å². The molecule has 1 aromatic heterocycles. The summed E-state index contributed by atoms with van der Waals surface area (Å²) in [6.45, 7) is 0.634. The van der Waals surface area contributed by atoms with Crippen LogP contribution >= 0.6 is 11.6 Å². The molecule has 1 heterocycles. The minimum absolute atomic E-state index is 0.152. The number of sulfonamides is 1. The van der Waals surface area contributed by atoms with E-state index in [0.717, 1.165) is 11.6 Å². The summed E-state index contributed by atoms with van der Waals surface area (Å²) in [4.78, 5) is 10.6. The lowest BCUT2D eigenvalue weighted by atomic mass is 10.3. The van der Waals surface area contributed by atoms with E-state index in [-0.39, 0.29) is 11.4 Å². The number of aliphatic carboxylic acids is 1. The van der Waals surface area contributed by atoms with Gasteiger partial charge in [0.05, 0.1) is 4.90 Å². The number of aromatic nitrogens is 1. The predicted octanol–water partition coefficient (Wildman–Crippen LogP) is 2.22. The van der Waals surface area contributed by atoms with Crippen molar-refractivity contribution in [2.24, 2.45) is 0 Å². The predicted molar refractivity (Wildman–Crippen MR) is 87.7 cm³/mol. The second-order valence-corrected chi connectivity index (χ2v) is 6.91. The Morgan fingerprint density at radius 2 is 1.96 bits per heavy atom. The number of carboxylic acid groups (broad SMARTS) is 1. The zero-order valence-corrected chi connectivity index (χ0v) is 13.6. The normalized spacial score (nSPS) is 11.9. The molecular weight excluding hydrogens is 340 g/mol. The third-order valence-corrected chi connectivity index (χ3v) is 4.71. The highest BCUT2D eigenvalue weighted by atomic mass is 35.5. The van der Waals surface area contributed by atoms with Gasteiger partial charge in [-0.2, -0.15) is 0 Å². The number of nitrogens with zero attached hydrogens (tertiary/aromatic N) is 1. The molecule has 0 spiro atoms. The van der Waals surface area contributed by atoms with Crippen LogP contribution in [0, 0.1) is 0 Å². The first-order chi connectivity index (χ1) is 10.9. The van der Waals surface area contributed by atoms with E-state index >= 15 is 0 Å². The van der Waals surface area contributed by atoms with Gasteiger partial charge >= 0.3 is 5.97 Å². The molecule has 8 heteroatoms. The van der Waals surface area contributed by atoms with Crippen molar-refractivity contribution in [2.75, 3.05) is 6.54 Å². The highest BCUT2D eigenvalue weighted by molar-refractivity contribution is 7.89. The first kappa shape index (κ1) is 17.3. The van der Waals surface area contributed by atoms with E-state index in [1.165, 1.54) is 30.3 Å². The molecule has 23 heavy (non-hydrogen) atoms. The Morgan fingerprint density at radius 1 is 1.26 bits per heavy atom. The summed E-state index contributed by atoms with van der Waals surface area (Å²) in [5.41, 5.74) is 0.730. The number of rotatable bonds is 7. The molecule has 0 saturated heterocycles. The molecule has 0 aliphatic heterocycles. The van der Waals surface area contributed by atoms with Crippen molar-refractivity contribution in [3.8, 4) is 0 Å². The molecule has 2 aromatic rings. The Labute approximate surface area is 139 Å². The third kappa shape index (κ3) is 5.24. The van der Waals surface area contributed by atoms with Crippen LogP contribution < -0.4 is 4.72 Å². The Kier molecular flexibility index (Phi) is 5.59. The van der Waals surface area contributed by atoms with E-state index in [9.17, 15) is 13.2 Å². The van der Waals surface area contributed by atoms with Crippen LogP contribution in [0.5, 0.6) is 0 Å². The van der Waals surface area contributed by atoms with Gasteiger partial charge in [-0.1, -0.05) is 11.6 Å². The molecule has 122 valence electrons. The lowest BCUT2D eigenvalue weighted by Gasteiger charge is -2.07. The van der Waals surface area contributed by atoms with Gasteiger partial charge in [0.2, 0.25) is 10.0 Å². The van der Waals surface area contributed by atoms with Gasteiger partial charge in [0.25, 0.3) is 0 Å². The van der Waals surface area contributed by atoms with E-state index in [4.69, 9.17) is 16.7 Å². The fourth-order valence-electron chi connectivity index (χ4n) is 1.87. The van der Waals surface area contributed by atoms with Crippen molar-refractivity contribution in [3.63, 3.8) is 0 Å². The summed E-state index contributed by atoms with van der Waals surface area (Å²) < 4.78 is 28.4. The number of carboxylic acids is 1. The second kappa shape index (κ2) is 7.45. The Bertz CT molecular complexity index is 810. The monoisotopic (exact) mass is 354 g/mol. The molecule has 0 aliphatic carbocycles. The molecule has 0 atom stereocenters. The second-order valence-electron chi connectivity index (χ2n) is 4.71. The van der Waals surface area contributed by atoms with Crippen LogP contribution in [0.15, 0.2) is 53.7 Å². The molecule has 0 amide bonds. The number of halogens is 1. The van der Waals surface area contributed by atoms with E-state index in [1.54, 1.807) is 23.0 Å². The van der Waals surface area contributed by atoms with Gasteiger partial charge < -0.3 is 9.67 Å². The van der Waals surface area contributed by atoms with Gasteiger partial charge in [-0.05, 0) is 42.0 Å². The zero-order valence-electron chi connectivity index (χ0n) is 12.0. The van der Waals surface area contributed by atoms with E-state index < -0.39 is 16.0 Å². The van der Waals surface area contributed by atoms with Gasteiger partial charge in [0.1, 0.15) is 0 Å². The van der Waals surface area contributed by atoms with E-state index in [2.05, 4.69) is 4.72 Å². The molecule has 2 rings (SSSR count). The first-order valence-corrected chi connectivity index (χ1v) is 8.55. The Morgan fingerprint density at radius 3 is 2.61 bits per heavy atom. The van der Waals surface area contributed by atoms with Crippen LogP contribution in [0.2, 0.25) is 5.02 Å². The van der Waals surface area contributed by atoms with Crippen molar-refractivity contribution >= 4 is 33.7 Å². The quantitative estimate of drug-likeness (QED) is 0.746. The summed E-state index contributed by atoms with van der Waals surface area (Å²) in [5, 5.41) is 9.03. The number of carbonyl (C=O) groups is 1. The van der Waals surface area contributed by atoms with Crippen LogP contribution in [-0.2, 0) is 21.4 Å². The van der Waals surface area contributed by atoms with Crippen molar-refractivity contribution in [1.29, 1.82) is 0 Å². The van der Waals surface area contributed by atoms with Crippen LogP contribution in [-0.4, -0.2) is 30.6 Å². The van der Waals surface area contributed by atoms with Gasteiger partial charge in [-0.3, -0.25) is 0 Å². The molecule has 0 unspecified atom stereocenters. The maximum absolute atomic E-state index is 12.1. The smallest absolute Gasteiger partial charge is 0.328 e. The Balaban J connectivity index is 1.91. The molecule has 0 radical (unpaired) electrons. The van der Waals surface area contributed by atoms with E-state index in [0.29, 0.717) is 11.6 Å². The first-order valence-electron chi connectivity index (χ1n) is 6.69. The zero-order chi connectivity index (χ0) is 16.9. The number of hydrogen-bond acceptors (Lipinski definition) is 3. The highest BCUT2D eigenvalue weighted by Crippen LogP contribution is 2.13. The van der Waals surface area contributed by atoms with Crippen LogP contribution in [0.1, 0.15) is 5.56 Å². The van der Waals surface area contributed by atoms with E-state index in [1.807, 2.05) is 0 Å². The maximum atomic E-state index is 12.1. The minimum atomic E-state index is -3.58. The average molecular weight is 355 g/mol. The van der Waals surface area contributed by atoms with Crippen LogP contribution in [0.3, 0.4) is 0 Å². The number of hydrogen-bond donors (Lipinski definition) is 2. The minimum Gasteiger partial charge on any atom is -0.478 e. The molecule has 0 aliphatic rings. The molecule has 6 nitrogen and oxygen atoms in total.